The van der Waals surface area contributed by atoms with Crippen molar-refractivity contribution < 1.29 is 23.9 Å². The number of fused-ring (bicyclic) bond motifs is 2. The van der Waals surface area contributed by atoms with Gasteiger partial charge in [-0.2, -0.15) is 0 Å². The van der Waals surface area contributed by atoms with E-state index in [9.17, 15) is 19.2 Å². The highest BCUT2D eigenvalue weighted by atomic mass is 35.5. The molecule has 3 aromatic rings. The van der Waals surface area contributed by atoms with E-state index in [1.807, 2.05) is 34.6 Å². The Hall–Kier alpha value is -3.48. The smallest absolute Gasteiger partial charge is 0.411 e. The molecule has 0 saturated heterocycles. The second-order valence-corrected chi connectivity index (χ2v) is 15.5. The number of amides is 3. The molecular formula is C32H41ClN6O5S. The zero-order valence-corrected chi connectivity index (χ0v) is 28.3. The number of nitrogens with two attached hydrogens (primary N) is 1. The number of thiazole rings is 1. The molecular weight excluding hydrogens is 616 g/mol. The summed E-state index contributed by atoms with van der Waals surface area (Å²) in [5.74, 6) is -1.47. The Morgan fingerprint density at radius 1 is 1.18 bits per heavy atom. The first-order valence-electron chi connectivity index (χ1n) is 15.0. The molecule has 1 fully saturated rings. The van der Waals surface area contributed by atoms with E-state index in [1.165, 1.54) is 16.2 Å². The number of rotatable bonds is 5. The van der Waals surface area contributed by atoms with Crippen LogP contribution in [0.2, 0.25) is 5.02 Å². The van der Waals surface area contributed by atoms with E-state index in [0.717, 1.165) is 15.8 Å². The first-order chi connectivity index (χ1) is 20.9. The van der Waals surface area contributed by atoms with E-state index in [4.69, 9.17) is 27.1 Å². The number of nitrogens with zero attached hydrogens (tertiary/aromatic N) is 3. The van der Waals surface area contributed by atoms with E-state index >= 15 is 0 Å². The number of halogens is 1. The number of nitrogens with one attached hydrogen (secondary N) is 2. The van der Waals surface area contributed by atoms with Crippen molar-refractivity contribution in [2.45, 2.75) is 89.6 Å². The lowest BCUT2D eigenvalue weighted by Gasteiger charge is -2.43. The fraction of sp³-hybridized carbons (Fsp3) is 0.531. The van der Waals surface area contributed by atoms with Gasteiger partial charge >= 0.3 is 6.09 Å². The number of Topliss-reactive ketones (excluding diaryl/α,β-unsaturated/α-hetero) is 1. The van der Waals surface area contributed by atoms with Gasteiger partial charge in [-0.25, -0.2) is 9.78 Å². The minimum atomic E-state index is -1.60. The first-order valence-corrected chi connectivity index (χ1v) is 16.2. The summed E-state index contributed by atoms with van der Waals surface area (Å²) in [6.45, 7) is 9.53. The summed E-state index contributed by atoms with van der Waals surface area (Å²) in [6, 6.07) is 6.23. The lowest BCUT2D eigenvalue weighted by molar-refractivity contribution is -0.134. The third kappa shape index (κ3) is 6.59. The van der Waals surface area contributed by atoms with Crippen molar-refractivity contribution in [2.75, 3.05) is 14.1 Å². The van der Waals surface area contributed by atoms with E-state index in [2.05, 4.69) is 10.3 Å². The van der Waals surface area contributed by atoms with Crippen molar-refractivity contribution in [2.24, 2.45) is 11.7 Å². The van der Waals surface area contributed by atoms with Gasteiger partial charge in [0.1, 0.15) is 16.8 Å². The van der Waals surface area contributed by atoms with E-state index < -0.39 is 46.4 Å². The third-order valence-electron chi connectivity index (χ3n) is 8.57. The molecule has 1 aromatic carbocycles. The normalized spacial score (nSPS) is 22.9. The lowest BCUT2D eigenvalue weighted by atomic mass is 9.70. The molecule has 3 unspecified atom stereocenters. The number of ketones is 1. The standard InChI is InChI=1S/C32H41ClN6O5S/c1-30(2,3)44-29(43)39-16-22-23(15-31(39,4)5)45-27(36-22)25(40)32(34)14-17(28(42)38(6)7)8-11-24(32)37-26(41)21-13-18-12-19(33)9-10-20(18)35-21/h9-10,12-13,17,24,35H,8,11,14-16,34H2,1-7H3,(H,37,41). The van der Waals surface area contributed by atoms with Gasteiger partial charge in [0.15, 0.2) is 5.01 Å². The maximum absolute atomic E-state index is 14.4. The number of benzene rings is 1. The van der Waals surface area contributed by atoms with Gasteiger partial charge in [0.25, 0.3) is 5.91 Å². The number of ether oxygens (including phenoxy) is 1. The largest absolute Gasteiger partial charge is 0.444 e. The third-order valence-corrected chi connectivity index (χ3v) is 9.90. The highest BCUT2D eigenvalue weighted by molar-refractivity contribution is 7.13. The van der Waals surface area contributed by atoms with Gasteiger partial charge in [0.2, 0.25) is 11.7 Å². The fourth-order valence-corrected chi connectivity index (χ4v) is 7.70. The van der Waals surface area contributed by atoms with Crippen LogP contribution in [0.25, 0.3) is 10.9 Å². The molecule has 45 heavy (non-hydrogen) atoms. The average Bonchev–Trinajstić information content (AvgIpc) is 3.54. The van der Waals surface area contributed by atoms with Crippen molar-refractivity contribution in [3.8, 4) is 0 Å². The minimum absolute atomic E-state index is 0.0515. The maximum Gasteiger partial charge on any atom is 0.411 e. The zero-order valence-electron chi connectivity index (χ0n) is 26.7. The van der Waals surface area contributed by atoms with Gasteiger partial charge in [-0.1, -0.05) is 11.6 Å². The average molecular weight is 657 g/mol. The molecule has 1 aliphatic heterocycles. The molecule has 2 aliphatic rings. The van der Waals surface area contributed by atoms with Gasteiger partial charge in [0, 0.05) is 52.8 Å². The SMILES string of the molecule is CN(C)C(=O)C1CCC(NC(=O)c2cc3cc(Cl)ccc3[nH]2)C(N)(C(=O)c2nc3c(s2)CC(C)(C)N(C(=O)OC(C)(C)C)C3)C1. The van der Waals surface area contributed by atoms with Crippen molar-refractivity contribution in [3.05, 3.63) is 50.6 Å². The fourth-order valence-electron chi connectivity index (χ4n) is 6.19. The predicted octanol–water partition coefficient (Wildman–Crippen LogP) is 4.92. The Morgan fingerprint density at radius 3 is 2.56 bits per heavy atom. The van der Waals surface area contributed by atoms with Crippen molar-refractivity contribution in [3.63, 3.8) is 0 Å². The highest BCUT2D eigenvalue weighted by Crippen LogP contribution is 2.39. The van der Waals surface area contributed by atoms with Gasteiger partial charge < -0.3 is 25.7 Å². The summed E-state index contributed by atoms with van der Waals surface area (Å²) >= 11 is 7.38. The molecule has 3 heterocycles. The van der Waals surface area contributed by atoms with Gasteiger partial charge in [0.05, 0.1) is 18.3 Å². The second kappa shape index (κ2) is 11.7. The highest BCUT2D eigenvalue weighted by Gasteiger charge is 2.51. The van der Waals surface area contributed by atoms with Crippen LogP contribution in [0.3, 0.4) is 0 Å². The van der Waals surface area contributed by atoms with Gasteiger partial charge in [-0.15, -0.1) is 11.3 Å². The Kier molecular flexibility index (Phi) is 8.56. The number of aromatic amines is 1. The summed E-state index contributed by atoms with van der Waals surface area (Å²) in [5, 5.41) is 4.52. The number of carbonyl (C=O) groups is 4. The molecule has 1 saturated carbocycles. The van der Waals surface area contributed by atoms with E-state index in [0.29, 0.717) is 35.7 Å². The van der Waals surface area contributed by atoms with Crippen LogP contribution in [0.1, 0.15) is 84.7 Å². The molecule has 2 aromatic heterocycles. The molecule has 13 heteroatoms. The van der Waals surface area contributed by atoms with Crippen molar-refractivity contribution in [1.82, 2.24) is 25.1 Å². The molecule has 3 amide bonds. The molecule has 3 atom stereocenters. The van der Waals surface area contributed by atoms with Crippen LogP contribution < -0.4 is 11.1 Å². The molecule has 0 radical (unpaired) electrons. The van der Waals surface area contributed by atoms with Crippen molar-refractivity contribution in [1.29, 1.82) is 0 Å². The second-order valence-electron chi connectivity index (χ2n) is 14.0. The predicted molar refractivity (Wildman–Crippen MR) is 174 cm³/mol. The summed E-state index contributed by atoms with van der Waals surface area (Å²) < 4.78 is 5.65. The van der Waals surface area contributed by atoms with Crippen LogP contribution in [0.4, 0.5) is 4.79 Å². The summed E-state index contributed by atoms with van der Waals surface area (Å²) in [4.78, 5) is 65.8. The summed E-state index contributed by atoms with van der Waals surface area (Å²) in [6.07, 6.45) is 0.874. The Bertz CT molecular complexity index is 1670. The summed E-state index contributed by atoms with van der Waals surface area (Å²) in [5.41, 5.74) is 5.84. The Balaban J connectivity index is 1.44. The maximum atomic E-state index is 14.4. The zero-order chi connectivity index (χ0) is 33.1. The molecule has 5 rings (SSSR count). The number of carbonyl (C=O) groups excluding carboxylic acids is 4. The number of H-pyrrole nitrogens is 1. The van der Waals surface area contributed by atoms with E-state index in [1.54, 1.807) is 43.3 Å². The first kappa shape index (κ1) is 32.9. The van der Waals surface area contributed by atoms with E-state index in [-0.39, 0.29) is 23.9 Å². The summed E-state index contributed by atoms with van der Waals surface area (Å²) in [7, 11) is 3.34. The quantitative estimate of drug-likeness (QED) is 0.330. The molecule has 1 aliphatic carbocycles. The Morgan fingerprint density at radius 2 is 1.89 bits per heavy atom. The number of hydrogen-bond donors (Lipinski definition) is 3. The lowest BCUT2D eigenvalue weighted by Crippen LogP contribution is -2.66. The van der Waals surface area contributed by atoms with Gasteiger partial charge in [-0.3, -0.25) is 19.3 Å². The number of aromatic nitrogens is 2. The van der Waals surface area contributed by atoms with Gasteiger partial charge in [-0.05, 0) is 78.1 Å². The molecule has 0 spiro atoms. The van der Waals surface area contributed by atoms with Crippen LogP contribution in [0, 0.1) is 5.92 Å². The monoisotopic (exact) mass is 656 g/mol. The van der Waals surface area contributed by atoms with Crippen LogP contribution >= 0.6 is 22.9 Å². The molecule has 11 nitrogen and oxygen atoms in total. The van der Waals surface area contributed by atoms with Crippen LogP contribution in [0.15, 0.2) is 24.3 Å². The topological polar surface area (TPSA) is 151 Å². The molecule has 242 valence electrons. The molecule has 0 bridgehead atoms. The number of hydrogen-bond acceptors (Lipinski definition) is 8. The minimum Gasteiger partial charge on any atom is -0.444 e. The Labute approximate surface area is 271 Å². The van der Waals surface area contributed by atoms with Crippen LogP contribution in [-0.4, -0.2) is 80.3 Å². The van der Waals surface area contributed by atoms with Crippen LogP contribution in [-0.2, 0) is 22.5 Å². The van der Waals surface area contributed by atoms with Crippen molar-refractivity contribution >= 4 is 57.5 Å². The van der Waals surface area contributed by atoms with Crippen LogP contribution in [0.5, 0.6) is 0 Å². The molecule has 4 N–H and O–H groups in total.